The van der Waals surface area contributed by atoms with Crippen LogP contribution in [0.3, 0.4) is 0 Å². The molecule has 3 aromatic rings. The summed E-state index contributed by atoms with van der Waals surface area (Å²) in [5.74, 6) is 0.925. The summed E-state index contributed by atoms with van der Waals surface area (Å²) < 4.78 is 0. The Morgan fingerprint density at radius 3 is 2.84 bits per heavy atom. The van der Waals surface area contributed by atoms with E-state index in [1.807, 2.05) is 42.9 Å². The predicted octanol–water partition coefficient (Wildman–Crippen LogP) is 3.55. The third-order valence-corrected chi connectivity index (χ3v) is 3.26. The lowest BCUT2D eigenvalue weighted by atomic mass is 10.1. The third kappa shape index (κ3) is 2.40. The number of aromatic nitrogens is 2. The highest BCUT2D eigenvalue weighted by Gasteiger charge is 2.02. The van der Waals surface area contributed by atoms with Gasteiger partial charge in [-0.05, 0) is 35.6 Å². The number of fused-ring (bicyclic) bond motifs is 1. The van der Waals surface area contributed by atoms with Gasteiger partial charge in [-0.25, -0.2) is 4.98 Å². The fourth-order valence-corrected chi connectivity index (χ4v) is 2.14. The van der Waals surface area contributed by atoms with Crippen molar-refractivity contribution in [3.8, 4) is 0 Å². The first kappa shape index (κ1) is 11.7. The van der Waals surface area contributed by atoms with E-state index in [1.165, 1.54) is 16.5 Å². The molecular weight excluding hydrogens is 234 g/mol. The zero-order valence-corrected chi connectivity index (χ0v) is 10.8. The molecule has 19 heavy (non-hydrogen) atoms. The van der Waals surface area contributed by atoms with Crippen LogP contribution >= 0.6 is 0 Å². The molecular formula is C16H15N3. The topological polar surface area (TPSA) is 37.8 Å². The molecule has 0 radical (unpaired) electrons. The summed E-state index contributed by atoms with van der Waals surface area (Å²) in [6.45, 7) is 2.83. The molecule has 0 spiro atoms. The lowest BCUT2D eigenvalue weighted by Gasteiger charge is -2.10. The summed E-state index contributed by atoms with van der Waals surface area (Å²) in [7, 11) is 0. The van der Waals surface area contributed by atoms with E-state index in [2.05, 4.69) is 34.3 Å². The van der Waals surface area contributed by atoms with Crippen LogP contribution in [0.4, 0.5) is 5.82 Å². The Morgan fingerprint density at radius 2 is 1.95 bits per heavy atom. The molecule has 2 aromatic heterocycles. The van der Waals surface area contributed by atoms with Gasteiger partial charge in [0.2, 0.25) is 0 Å². The van der Waals surface area contributed by atoms with Gasteiger partial charge in [0.25, 0.3) is 0 Å². The van der Waals surface area contributed by atoms with Gasteiger partial charge in [0.05, 0.1) is 0 Å². The van der Waals surface area contributed by atoms with Gasteiger partial charge in [0.15, 0.2) is 0 Å². The molecule has 1 N–H and O–H groups in total. The van der Waals surface area contributed by atoms with Gasteiger partial charge in [0.1, 0.15) is 5.82 Å². The zero-order chi connectivity index (χ0) is 13.1. The van der Waals surface area contributed by atoms with Crippen LogP contribution in [0.25, 0.3) is 10.8 Å². The van der Waals surface area contributed by atoms with E-state index >= 15 is 0 Å². The lowest BCUT2D eigenvalue weighted by molar-refractivity contribution is 1.08. The fraction of sp³-hybridized carbons (Fsp3) is 0.125. The molecule has 0 aliphatic rings. The van der Waals surface area contributed by atoms with Crippen molar-refractivity contribution in [3.63, 3.8) is 0 Å². The van der Waals surface area contributed by atoms with Gasteiger partial charge in [0, 0.05) is 30.5 Å². The highest BCUT2D eigenvalue weighted by molar-refractivity contribution is 5.91. The minimum Gasteiger partial charge on any atom is -0.365 e. The highest BCUT2D eigenvalue weighted by atomic mass is 15.0. The Balaban J connectivity index is 1.88. The maximum atomic E-state index is 4.42. The van der Waals surface area contributed by atoms with E-state index in [1.54, 1.807) is 0 Å². The minimum absolute atomic E-state index is 0.759. The van der Waals surface area contributed by atoms with Crippen molar-refractivity contribution < 1.29 is 0 Å². The van der Waals surface area contributed by atoms with Crippen LogP contribution in [0, 0.1) is 6.92 Å². The first-order chi connectivity index (χ1) is 9.34. The maximum absolute atomic E-state index is 4.42. The Hall–Kier alpha value is -2.42. The molecule has 94 valence electrons. The molecule has 0 saturated carbocycles. The van der Waals surface area contributed by atoms with E-state index in [9.17, 15) is 0 Å². The van der Waals surface area contributed by atoms with Gasteiger partial charge in [-0.3, -0.25) is 4.98 Å². The van der Waals surface area contributed by atoms with E-state index in [0.717, 1.165) is 17.7 Å². The van der Waals surface area contributed by atoms with Crippen molar-refractivity contribution in [2.45, 2.75) is 13.5 Å². The molecule has 0 aliphatic heterocycles. The Labute approximate surface area is 112 Å². The number of nitrogens with one attached hydrogen (secondary N) is 1. The van der Waals surface area contributed by atoms with Gasteiger partial charge in [-0.1, -0.05) is 24.3 Å². The van der Waals surface area contributed by atoms with Gasteiger partial charge in [-0.15, -0.1) is 0 Å². The lowest BCUT2D eigenvalue weighted by Crippen LogP contribution is -2.03. The first-order valence-electron chi connectivity index (χ1n) is 6.32. The number of benzene rings is 1. The van der Waals surface area contributed by atoms with Crippen LogP contribution in [0.15, 0.2) is 55.0 Å². The minimum atomic E-state index is 0.759. The first-order valence-corrected chi connectivity index (χ1v) is 6.32. The summed E-state index contributed by atoms with van der Waals surface area (Å²) in [5.41, 5.74) is 2.43. The highest BCUT2D eigenvalue weighted by Crippen LogP contribution is 2.21. The molecule has 3 rings (SSSR count). The van der Waals surface area contributed by atoms with Crippen LogP contribution in [0.2, 0.25) is 0 Å². The molecule has 3 nitrogen and oxygen atoms in total. The zero-order valence-electron chi connectivity index (χ0n) is 10.8. The Morgan fingerprint density at radius 1 is 1.05 bits per heavy atom. The van der Waals surface area contributed by atoms with Crippen molar-refractivity contribution in [2.24, 2.45) is 0 Å². The van der Waals surface area contributed by atoms with Crippen LogP contribution in [-0.2, 0) is 6.54 Å². The molecule has 0 atom stereocenters. The molecule has 3 heteroatoms. The number of aryl methyl sites for hydroxylation is 1. The molecule has 0 bridgehead atoms. The van der Waals surface area contributed by atoms with Crippen LogP contribution in [0.1, 0.15) is 11.1 Å². The van der Waals surface area contributed by atoms with Gasteiger partial charge < -0.3 is 5.32 Å². The second-order valence-electron chi connectivity index (χ2n) is 4.54. The monoisotopic (exact) mass is 249 g/mol. The average Bonchev–Trinajstić information content (AvgIpc) is 2.46. The van der Waals surface area contributed by atoms with Crippen LogP contribution in [0.5, 0.6) is 0 Å². The largest absolute Gasteiger partial charge is 0.365 e. The maximum Gasteiger partial charge on any atom is 0.134 e. The summed E-state index contributed by atoms with van der Waals surface area (Å²) in [6, 6.07) is 12.3. The van der Waals surface area contributed by atoms with Crippen molar-refractivity contribution in [1.29, 1.82) is 0 Å². The molecule has 2 heterocycles. The molecule has 1 aromatic carbocycles. The molecule has 0 aliphatic carbocycles. The van der Waals surface area contributed by atoms with Crippen LogP contribution < -0.4 is 5.32 Å². The van der Waals surface area contributed by atoms with Gasteiger partial charge in [-0.2, -0.15) is 0 Å². The summed E-state index contributed by atoms with van der Waals surface area (Å²) >= 11 is 0. The third-order valence-electron chi connectivity index (χ3n) is 3.26. The normalized spacial score (nSPS) is 10.6. The second kappa shape index (κ2) is 5.06. The SMILES string of the molecule is Cc1cnccc1CNc1nccc2ccccc12. The molecule has 0 amide bonds. The standard InChI is InChI=1S/C16H15N3/c1-12-10-17-8-6-14(12)11-19-16-15-5-3-2-4-13(15)7-9-18-16/h2-10H,11H2,1H3,(H,18,19). The van der Waals surface area contributed by atoms with E-state index in [-0.39, 0.29) is 0 Å². The van der Waals surface area contributed by atoms with E-state index < -0.39 is 0 Å². The van der Waals surface area contributed by atoms with Gasteiger partial charge >= 0.3 is 0 Å². The van der Waals surface area contributed by atoms with E-state index in [0.29, 0.717) is 0 Å². The number of hydrogen-bond acceptors (Lipinski definition) is 3. The number of pyridine rings is 2. The van der Waals surface area contributed by atoms with Crippen molar-refractivity contribution in [1.82, 2.24) is 9.97 Å². The second-order valence-corrected chi connectivity index (χ2v) is 4.54. The summed E-state index contributed by atoms with van der Waals surface area (Å²) in [4.78, 5) is 8.53. The molecule has 0 unspecified atom stereocenters. The number of nitrogens with zero attached hydrogens (tertiary/aromatic N) is 2. The molecule has 0 saturated heterocycles. The van der Waals surface area contributed by atoms with Crippen molar-refractivity contribution in [3.05, 3.63) is 66.1 Å². The number of rotatable bonds is 3. The van der Waals surface area contributed by atoms with Crippen LogP contribution in [-0.4, -0.2) is 9.97 Å². The van der Waals surface area contributed by atoms with Crippen molar-refractivity contribution >= 4 is 16.6 Å². The number of anilines is 1. The Kier molecular flexibility index (Phi) is 3.11. The summed E-state index contributed by atoms with van der Waals surface area (Å²) in [5, 5.41) is 5.76. The summed E-state index contributed by atoms with van der Waals surface area (Å²) in [6.07, 6.45) is 5.54. The van der Waals surface area contributed by atoms with E-state index in [4.69, 9.17) is 0 Å². The quantitative estimate of drug-likeness (QED) is 0.771. The molecule has 0 fully saturated rings. The predicted molar refractivity (Wildman–Crippen MR) is 78.0 cm³/mol. The smallest absolute Gasteiger partial charge is 0.134 e. The van der Waals surface area contributed by atoms with Crippen molar-refractivity contribution in [2.75, 3.05) is 5.32 Å². The average molecular weight is 249 g/mol. The Bertz CT molecular complexity index is 702. The fourth-order valence-electron chi connectivity index (χ4n) is 2.14. The number of hydrogen-bond donors (Lipinski definition) is 1.